The van der Waals surface area contributed by atoms with E-state index in [1.807, 2.05) is 25.2 Å². The fraction of sp³-hybridized carbons (Fsp3) is 0.357. The van der Waals surface area contributed by atoms with Crippen molar-refractivity contribution in [3.63, 3.8) is 0 Å². The van der Waals surface area contributed by atoms with Crippen molar-refractivity contribution in [3.8, 4) is 0 Å². The highest BCUT2D eigenvalue weighted by Crippen LogP contribution is 2.10. The molecule has 0 N–H and O–H groups in total. The molecule has 0 aliphatic heterocycles. The Morgan fingerprint density at radius 2 is 1.76 bits per heavy atom. The van der Waals surface area contributed by atoms with Gasteiger partial charge < -0.3 is 9.80 Å². The summed E-state index contributed by atoms with van der Waals surface area (Å²) in [4.78, 5) is 15.4. The number of likely N-dealkylation sites (N-methyl/N-ethyl adjacent to an activating group) is 2. The van der Waals surface area contributed by atoms with Crippen LogP contribution in [0.15, 0.2) is 42.5 Å². The lowest BCUT2D eigenvalue weighted by Crippen LogP contribution is -2.35. The molecule has 0 aliphatic rings. The Balaban J connectivity index is 2.46. The molecular weight excluding hydrogens is 212 g/mol. The predicted octanol–water partition coefficient (Wildman–Crippen LogP) is 2.16. The summed E-state index contributed by atoms with van der Waals surface area (Å²) in [5.74, 6) is 0.00598. The number of carbonyl (C=O) groups is 1. The molecule has 1 rings (SSSR count). The third kappa shape index (κ3) is 3.94. The lowest BCUT2D eigenvalue weighted by atomic mass is 10.3. The van der Waals surface area contributed by atoms with Crippen molar-refractivity contribution in [2.75, 3.05) is 32.1 Å². The Morgan fingerprint density at radius 1 is 1.18 bits per heavy atom. The van der Waals surface area contributed by atoms with Crippen molar-refractivity contribution in [1.29, 1.82) is 0 Å². The Hall–Kier alpha value is -1.77. The van der Waals surface area contributed by atoms with Crippen molar-refractivity contribution in [2.45, 2.75) is 6.92 Å². The summed E-state index contributed by atoms with van der Waals surface area (Å²) >= 11 is 0. The zero-order chi connectivity index (χ0) is 12.8. The van der Waals surface area contributed by atoms with Crippen LogP contribution in [0, 0.1) is 0 Å². The Morgan fingerprint density at radius 3 is 2.29 bits per heavy atom. The number of para-hydroxylation sites is 1. The van der Waals surface area contributed by atoms with Crippen molar-refractivity contribution in [3.05, 3.63) is 42.5 Å². The van der Waals surface area contributed by atoms with E-state index in [-0.39, 0.29) is 5.91 Å². The fourth-order valence-electron chi connectivity index (χ4n) is 1.54. The van der Waals surface area contributed by atoms with Crippen LogP contribution in [0.4, 0.5) is 5.69 Å². The largest absolute Gasteiger partial charge is 0.373 e. The summed E-state index contributed by atoms with van der Waals surface area (Å²) in [6, 6.07) is 10.1. The maximum atomic E-state index is 11.6. The monoisotopic (exact) mass is 232 g/mol. The molecule has 0 saturated carbocycles. The van der Waals surface area contributed by atoms with Crippen LogP contribution in [-0.4, -0.2) is 38.0 Å². The average Bonchev–Trinajstić information content (AvgIpc) is 2.35. The number of hydrogen-bond donors (Lipinski definition) is 0. The van der Waals surface area contributed by atoms with Crippen LogP contribution in [0.3, 0.4) is 0 Å². The third-order valence-corrected chi connectivity index (χ3v) is 2.68. The van der Waals surface area contributed by atoms with E-state index in [0.29, 0.717) is 12.1 Å². The lowest BCUT2D eigenvalue weighted by molar-refractivity contribution is -0.125. The molecule has 17 heavy (non-hydrogen) atoms. The topological polar surface area (TPSA) is 23.6 Å². The van der Waals surface area contributed by atoms with Gasteiger partial charge in [0.2, 0.25) is 5.91 Å². The maximum absolute atomic E-state index is 11.6. The van der Waals surface area contributed by atoms with Gasteiger partial charge in [0, 0.05) is 38.4 Å². The second-order valence-corrected chi connectivity index (χ2v) is 4.26. The zero-order valence-corrected chi connectivity index (χ0v) is 10.8. The van der Waals surface area contributed by atoms with Crippen molar-refractivity contribution in [1.82, 2.24) is 4.90 Å². The summed E-state index contributed by atoms with van der Waals surface area (Å²) in [7, 11) is 3.82. The molecule has 92 valence electrons. The van der Waals surface area contributed by atoms with Crippen molar-refractivity contribution in [2.24, 2.45) is 0 Å². The van der Waals surface area contributed by atoms with E-state index in [1.165, 1.54) is 0 Å². The molecule has 0 bridgehead atoms. The summed E-state index contributed by atoms with van der Waals surface area (Å²) in [5.41, 5.74) is 1.73. The van der Waals surface area contributed by atoms with Gasteiger partial charge >= 0.3 is 0 Å². The molecule has 0 atom stereocenters. The number of hydrogen-bond acceptors (Lipinski definition) is 2. The average molecular weight is 232 g/mol. The van der Waals surface area contributed by atoms with Crippen molar-refractivity contribution < 1.29 is 4.79 Å². The third-order valence-electron chi connectivity index (χ3n) is 2.68. The van der Waals surface area contributed by atoms with E-state index >= 15 is 0 Å². The molecule has 0 unspecified atom stereocenters. The molecule has 1 amide bonds. The van der Waals surface area contributed by atoms with Gasteiger partial charge in [-0.1, -0.05) is 24.8 Å². The van der Waals surface area contributed by atoms with E-state index < -0.39 is 0 Å². The highest BCUT2D eigenvalue weighted by molar-refractivity contribution is 5.91. The molecule has 0 radical (unpaired) electrons. The smallest absolute Gasteiger partial charge is 0.248 e. The SMILES string of the molecule is C=C(C)C(=O)N(C)CCN(C)c1ccccc1. The van der Waals surface area contributed by atoms with E-state index in [0.717, 1.165) is 12.2 Å². The summed E-state index contributed by atoms with van der Waals surface area (Å²) in [6.45, 7) is 6.89. The van der Waals surface area contributed by atoms with Gasteiger partial charge in [-0.15, -0.1) is 0 Å². The minimum Gasteiger partial charge on any atom is -0.373 e. The standard InChI is InChI=1S/C14H20N2O/c1-12(2)14(17)16(4)11-10-15(3)13-8-6-5-7-9-13/h5-9H,1,10-11H2,2-4H3. The molecule has 1 aromatic carbocycles. The number of nitrogens with zero attached hydrogens (tertiary/aromatic N) is 2. The minimum absolute atomic E-state index is 0.00598. The molecule has 3 heteroatoms. The maximum Gasteiger partial charge on any atom is 0.248 e. The van der Waals surface area contributed by atoms with Gasteiger partial charge in [0.25, 0.3) is 0 Å². The number of amides is 1. The molecule has 0 saturated heterocycles. The van der Waals surface area contributed by atoms with E-state index in [9.17, 15) is 4.79 Å². The predicted molar refractivity (Wildman–Crippen MR) is 72.2 cm³/mol. The van der Waals surface area contributed by atoms with Gasteiger partial charge in [0.1, 0.15) is 0 Å². The van der Waals surface area contributed by atoms with E-state index in [1.54, 1.807) is 18.9 Å². The van der Waals surface area contributed by atoms with Crippen LogP contribution in [0.5, 0.6) is 0 Å². The number of rotatable bonds is 5. The van der Waals surface area contributed by atoms with Gasteiger partial charge in [-0.05, 0) is 19.1 Å². The molecule has 0 spiro atoms. The number of benzene rings is 1. The van der Waals surface area contributed by atoms with Crippen LogP contribution < -0.4 is 4.90 Å². The molecule has 3 nitrogen and oxygen atoms in total. The van der Waals surface area contributed by atoms with Crippen LogP contribution in [0.25, 0.3) is 0 Å². The summed E-state index contributed by atoms with van der Waals surface area (Å²) in [5, 5.41) is 0. The van der Waals surface area contributed by atoms with Gasteiger partial charge in [-0.3, -0.25) is 4.79 Å². The lowest BCUT2D eigenvalue weighted by Gasteiger charge is -2.23. The van der Waals surface area contributed by atoms with Crippen molar-refractivity contribution >= 4 is 11.6 Å². The first kappa shape index (κ1) is 13.3. The highest BCUT2D eigenvalue weighted by atomic mass is 16.2. The summed E-state index contributed by atoms with van der Waals surface area (Å²) < 4.78 is 0. The minimum atomic E-state index is 0.00598. The zero-order valence-electron chi connectivity index (χ0n) is 10.8. The second kappa shape index (κ2) is 6.09. The summed E-state index contributed by atoms with van der Waals surface area (Å²) in [6.07, 6.45) is 0. The Kier molecular flexibility index (Phi) is 4.76. The van der Waals surface area contributed by atoms with Gasteiger partial charge in [0.05, 0.1) is 0 Å². The number of carbonyl (C=O) groups excluding carboxylic acids is 1. The molecule has 0 aromatic heterocycles. The quantitative estimate of drug-likeness (QED) is 0.726. The first-order chi connectivity index (χ1) is 8.02. The molecule has 0 heterocycles. The second-order valence-electron chi connectivity index (χ2n) is 4.26. The van der Waals surface area contributed by atoms with Gasteiger partial charge in [0.15, 0.2) is 0 Å². The molecule has 0 fully saturated rings. The van der Waals surface area contributed by atoms with E-state index in [4.69, 9.17) is 0 Å². The molecular formula is C14H20N2O. The van der Waals surface area contributed by atoms with E-state index in [2.05, 4.69) is 23.6 Å². The van der Waals surface area contributed by atoms with Crippen LogP contribution >= 0.6 is 0 Å². The van der Waals surface area contributed by atoms with Crippen LogP contribution in [0.1, 0.15) is 6.92 Å². The van der Waals surface area contributed by atoms with Crippen LogP contribution in [-0.2, 0) is 4.79 Å². The first-order valence-electron chi connectivity index (χ1n) is 5.69. The molecule has 1 aromatic rings. The normalized spacial score (nSPS) is 9.82. The first-order valence-corrected chi connectivity index (χ1v) is 5.69. The van der Waals surface area contributed by atoms with Gasteiger partial charge in [-0.2, -0.15) is 0 Å². The van der Waals surface area contributed by atoms with Gasteiger partial charge in [-0.25, -0.2) is 0 Å². The Labute approximate surface area is 103 Å². The highest BCUT2D eigenvalue weighted by Gasteiger charge is 2.09. The van der Waals surface area contributed by atoms with Crippen LogP contribution in [0.2, 0.25) is 0 Å². The number of anilines is 1. The molecule has 0 aliphatic carbocycles. The fourth-order valence-corrected chi connectivity index (χ4v) is 1.54. The Bertz CT molecular complexity index is 386.